The summed E-state index contributed by atoms with van der Waals surface area (Å²) in [5.41, 5.74) is 4.54. The van der Waals surface area contributed by atoms with E-state index in [9.17, 15) is 4.79 Å². The molecule has 0 bridgehead atoms. The molecule has 2 aromatic rings. The summed E-state index contributed by atoms with van der Waals surface area (Å²) >= 11 is 5.87. The molecule has 3 rings (SSSR count). The molecule has 0 fully saturated rings. The molecule has 1 heterocycles. The summed E-state index contributed by atoms with van der Waals surface area (Å²) in [5, 5.41) is 0.676. The highest BCUT2D eigenvalue weighted by Crippen LogP contribution is 2.20. The van der Waals surface area contributed by atoms with Crippen molar-refractivity contribution in [1.29, 1.82) is 0 Å². The van der Waals surface area contributed by atoms with Crippen LogP contribution < -0.4 is 0 Å². The Morgan fingerprint density at radius 3 is 2.61 bits per heavy atom. The molecule has 0 aromatic heterocycles. The first-order valence-electron chi connectivity index (χ1n) is 7.34. The van der Waals surface area contributed by atoms with Gasteiger partial charge in [-0.2, -0.15) is 0 Å². The van der Waals surface area contributed by atoms with Crippen molar-refractivity contribution in [1.82, 2.24) is 0 Å². The fourth-order valence-electron chi connectivity index (χ4n) is 2.37. The van der Waals surface area contributed by atoms with Crippen LogP contribution >= 0.6 is 11.6 Å². The van der Waals surface area contributed by atoms with Gasteiger partial charge in [-0.1, -0.05) is 47.5 Å². The molecule has 1 aliphatic heterocycles. The molecule has 0 saturated heterocycles. The number of halogens is 1. The number of ether oxygens (including phenoxy) is 1. The Balaban J connectivity index is 1.84. The minimum atomic E-state index is -0.408. The van der Waals surface area contributed by atoms with Gasteiger partial charge in [0.2, 0.25) is 5.90 Å². The van der Waals surface area contributed by atoms with Crippen molar-refractivity contribution in [2.24, 2.45) is 4.99 Å². The number of carbonyl (C=O) groups is 1. The monoisotopic (exact) mass is 325 g/mol. The first kappa shape index (κ1) is 15.5. The highest BCUT2D eigenvalue weighted by Gasteiger charge is 2.23. The van der Waals surface area contributed by atoms with Gasteiger partial charge in [-0.25, -0.2) is 9.79 Å². The highest BCUT2D eigenvalue weighted by atomic mass is 35.5. The number of benzene rings is 2. The van der Waals surface area contributed by atoms with E-state index in [4.69, 9.17) is 16.3 Å². The van der Waals surface area contributed by atoms with Crippen molar-refractivity contribution < 1.29 is 9.53 Å². The smallest absolute Gasteiger partial charge is 0.363 e. The summed E-state index contributed by atoms with van der Waals surface area (Å²) in [6.45, 7) is 4.02. The van der Waals surface area contributed by atoms with Crippen molar-refractivity contribution in [3.05, 3.63) is 75.4 Å². The minimum Gasteiger partial charge on any atom is -0.406 e. The van der Waals surface area contributed by atoms with Crippen molar-refractivity contribution in [2.45, 2.75) is 20.3 Å². The third kappa shape index (κ3) is 3.69. The molecule has 0 atom stereocenters. The van der Waals surface area contributed by atoms with E-state index >= 15 is 0 Å². The minimum absolute atomic E-state index is 0.336. The Hall–Kier alpha value is -2.39. The van der Waals surface area contributed by atoms with E-state index in [0.29, 0.717) is 23.0 Å². The summed E-state index contributed by atoms with van der Waals surface area (Å²) in [7, 11) is 0. The van der Waals surface area contributed by atoms with Crippen molar-refractivity contribution >= 4 is 29.5 Å². The van der Waals surface area contributed by atoms with Crippen molar-refractivity contribution in [3.8, 4) is 0 Å². The Morgan fingerprint density at radius 1 is 1.13 bits per heavy atom. The number of rotatable bonds is 3. The van der Waals surface area contributed by atoms with Crippen LogP contribution in [0.15, 0.2) is 53.2 Å². The molecule has 1 aliphatic rings. The lowest BCUT2D eigenvalue weighted by molar-refractivity contribution is -0.130. The number of carbonyl (C=O) groups excluding carboxylic acids is 1. The van der Waals surface area contributed by atoms with Gasteiger partial charge in [0.25, 0.3) is 0 Å². The maximum absolute atomic E-state index is 12.0. The molecule has 0 unspecified atom stereocenters. The Bertz CT molecular complexity index is 820. The maximum Gasteiger partial charge on any atom is 0.363 e. The van der Waals surface area contributed by atoms with Gasteiger partial charge < -0.3 is 4.74 Å². The number of aryl methyl sites for hydroxylation is 2. The highest BCUT2D eigenvalue weighted by molar-refractivity contribution is 6.30. The Labute approximate surface area is 140 Å². The average molecular weight is 326 g/mol. The molecule has 0 aliphatic carbocycles. The molecule has 0 amide bonds. The van der Waals surface area contributed by atoms with E-state index in [0.717, 1.165) is 22.3 Å². The number of hydrogen-bond donors (Lipinski definition) is 0. The van der Waals surface area contributed by atoms with Gasteiger partial charge in [-0.15, -0.1) is 0 Å². The first-order chi connectivity index (χ1) is 11.0. The zero-order chi connectivity index (χ0) is 16.4. The molecule has 23 heavy (non-hydrogen) atoms. The van der Waals surface area contributed by atoms with Crippen LogP contribution in [0.4, 0.5) is 0 Å². The fraction of sp³-hybridized carbons (Fsp3) is 0.158. The molecule has 0 N–H and O–H groups in total. The number of hydrogen-bond acceptors (Lipinski definition) is 3. The second kappa shape index (κ2) is 6.39. The topological polar surface area (TPSA) is 38.7 Å². The van der Waals surface area contributed by atoms with Gasteiger partial charge in [-0.05, 0) is 48.7 Å². The van der Waals surface area contributed by atoms with Crippen LogP contribution in [0, 0.1) is 13.8 Å². The summed E-state index contributed by atoms with van der Waals surface area (Å²) in [5.74, 6) is 0.00347. The van der Waals surface area contributed by atoms with Crippen LogP contribution in [0.2, 0.25) is 5.02 Å². The van der Waals surface area contributed by atoms with E-state index in [1.807, 2.05) is 44.2 Å². The third-order valence-corrected chi connectivity index (χ3v) is 3.91. The zero-order valence-electron chi connectivity index (χ0n) is 13.0. The molecule has 2 aromatic carbocycles. The van der Waals surface area contributed by atoms with E-state index < -0.39 is 5.97 Å². The molecule has 4 heteroatoms. The van der Waals surface area contributed by atoms with Crippen LogP contribution in [0.1, 0.15) is 22.3 Å². The molecular weight excluding hydrogens is 310 g/mol. The van der Waals surface area contributed by atoms with Gasteiger partial charge in [0.15, 0.2) is 5.70 Å². The lowest BCUT2D eigenvalue weighted by Gasteiger charge is -2.01. The standard InChI is InChI=1S/C19H16ClNO2/c1-12-3-4-13(2)15(9-12)11-17-19(22)23-18(21-17)10-14-5-7-16(20)8-6-14/h3-9,11H,10H2,1-2H3/b17-11+. The summed E-state index contributed by atoms with van der Waals surface area (Å²) < 4.78 is 5.26. The van der Waals surface area contributed by atoms with Crippen LogP contribution in [0.3, 0.4) is 0 Å². The molecule has 0 spiro atoms. The van der Waals surface area contributed by atoms with Crippen molar-refractivity contribution in [2.75, 3.05) is 0 Å². The van der Waals surface area contributed by atoms with E-state index in [1.165, 1.54) is 0 Å². The Kier molecular flexibility index (Phi) is 4.30. The van der Waals surface area contributed by atoms with E-state index in [2.05, 4.69) is 4.99 Å². The van der Waals surface area contributed by atoms with Crippen molar-refractivity contribution in [3.63, 3.8) is 0 Å². The van der Waals surface area contributed by atoms with Crippen LogP contribution in [0.5, 0.6) is 0 Å². The maximum atomic E-state index is 12.0. The lowest BCUT2D eigenvalue weighted by atomic mass is 10.0. The number of esters is 1. The van der Waals surface area contributed by atoms with Gasteiger partial charge in [-0.3, -0.25) is 0 Å². The predicted molar refractivity (Wildman–Crippen MR) is 92.6 cm³/mol. The zero-order valence-corrected chi connectivity index (χ0v) is 13.7. The SMILES string of the molecule is Cc1ccc(C)c(/C=C2/N=C(Cc3ccc(Cl)cc3)OC2=O)c1. The second-order valence-corrected chi connectivity index (χ2v) is 6.02. The van der Waals surface area contributed by atoms with Gasteiger partial charge >= 0.3 is 5.97 Å². The van der Waals surface area contributed by atoms with Gasteiger partial charge in [0.05, 0.1) is 0 Å². The van der Waals surface area contributed by atoms with Crippen LogP contribution in [-0.2, 0) is 16.0 Å². The van der Waals surface area contributed by atoms with Crippen LogP contribution in [-0.4, -0.2) is 11.9 Å². The third-order valence-electron chi connectivity index (χ3n) is 3.66. The molecular formula is C19H16ClNO2. The normalized spacial score (nSPS) is 15.7. The quantitative estimate of drug-likeness (QED) is 0.616. The fourth-order valence-corrected chi connectivity index (χ4v) is 2.49. The first-order valence-corrected chi connectivity index (χ1v) is 7.72. The average Bonchev–Trinajstić information content (AvgIpc) is 2.85. The molecule has 0 saturated carbocycles. The molecule has 3 nitrogen and oxygen atoms in total. The predicted octanol–water partition coefficient (Wildman–Crippen LogP) is 4.50. The van der Waals surface area contributed by atoms with Gasteiger partial charge in [0, 0.05) is 11.4 Å². The lowest BCUT2D eigenvalue weighted by Crippen LogP contribution is -2.06. The summed E-state index contributed by atoms with van der Waals surface area (Å²) in [4.78, 5) is 16.3. The number of cyclic esters (lactones) is 1. The number of nitrogens with zero attached hydrogens (tertiary/aromatic N) is 1. The molecule has 116 valence electrons. The summed E-state index contributed by atoms with van der Waals surface area (Å²) in [6, 6.07) is 13.5. The number of aliphatic imine (C=N–C) groups is 1. The van der Waals surface area contributed by atoms with E-state index in [1.54, 1.807) is 18.2 Å². The molecule has 0 radical (unpaired) electrons. The van der Waals surface area contributed by atoms with Gasteiger partial charge in [0.1, 0.15) is 0 Å². The summed E-state index contributed by atoms with van der Waals surface area (Å²) in [6.07, 6.45) is 2.24. The Morgan fingerprint density at radius 2 is 1.87 bits per heavy atom. The largest absolute Gasteiger partial charge is 0.406 e. The van der Waals surface area contributed by atoms with E-state index in [-0.39, 0.29) is 0 Å². The second-order valence-electron chi connectivity index (χ2n) is 5.59. The van der Waals surface area contributed by atoms with Crippen LogP contribution in [0.25, 0.3) is 6.08 Å².